The van der Waals surface area contributed by atoms with Crippen LogP contribution in [0.2, 0.25) is 5.02 Å². The van der Waals surface area contributed by atoms with Gasteiger partial charge in [0.15, 0.2) is 10.8 Å². The maximum absolute atomic E-state index is 9.86. The van der Waals surface area contributed by atoms with E-state index in [9.17, 15) is 5.26 Å². The molecule has 1 aliphatic rings. The Morgan fingerprint density at radius 3 is 2.57 bits per heavy atom. The molecule has 1 aliphatic heterocycles. The van der Waals surface area contributed by atoms with Crippen molar-refractivity contribution in [2.45, 2.75) is 26.2 Å². The fourth-order valence-corrected chi connectivity index (χ4v) is 4.34. The van der Waals surface area contributed by atoms with Gasteiger partial charge < -0.3 is 4.90 Å². The third-order valence-electron chi connectivity index (χ3n) is 5.17. The van der Waals surface area contributed by atoms with Gasteiger partial charge in [-0.1, -0.05) is 29.8 Å². The Morgan fingerprint density at radius 1 is 1.18 bits per heavy atom. The molecule has 8 heteroatoms. The van der Waals surface area contributed by atoms with E-state index in [0.717, 1.165) is 58.9 Å². The van der Waals surface area contributed by atoms with Gasteiger partial charge in [-0.2, -0.15) is 9.64 Å². The third kappa shape index (κ3) is 3.84. The lowest BCUT2D eigenvalue weighted by atomic mass is 9.75. The Morgan fingerprint density at radius 2 is 1.96 bits per heavy atom. The second kappa shape index (κ2) is 7.82. The Balaban J connectivity index is 1.44. The summed E-state index contributed by atoms with van der Waals surface area (Å²) in [4.78, 5) is 6.53. The second-order valence-electron chi connectivity index (χ2n) is 7.07. The molecule has 0 saturated carbocycles. The number of anilines is 1. The third-order valence-corrected chi connectivity index (χ3v) is 6.36. The first kappa shape index (κ1) is 18.8. The van der Waals surface area contributed by atoms with Crippen LogP contribution in [0.3, 0.4) is 0 Å². The van der Waals surface area contributed by atoms with Gasteiger partial charge in [0, 0.05) is 18.1 Å². The van der Waals surface area contributed by atoms with Gasteiger partial charge in [0.25, 0.3) is 0 Å². The number of aryl methyl sites for hydroxylation is 1. The minimum Gasteiger partial charge on any atom is -0.355 e. The van der Waals surface area contributed by atoms with Crippen molar-refractivity contribution in [3.8, 4) is 16.8 Å². The van der Waals surface area contributed by atoms with Gasteiger partial charge in [-0.05, 0) is 61.5 Å². The Labute approximate surface area is 173 Å². The average Bonchev–Trinajstić information content (AvgIpc) is 3.17. The van der Waals surface area contributed by atoms with Crippen LogP contribution in [0.5, 0.6) is 0 Å². The smallest absolute Gasteiger partial charge is 0.164 e. The monoisotopic (exact) mass is 410 g/mol. The molecular weight excluding hydrogens is 392 g/mol. The number of rotatable bonds is 4. The van der Waals surface area contributed by atoms with Gasteiger partial charge in [-0.15, -0.1) is 10.2 Å². The predicted molar refractivity (Wildman–Crippen MR) is 110 cm³/mol. The van der Waals surface area contributed by atoms with Crippen LogP contribution in [0.1, 0.15) is 24.2 Å². The summed E-state index contributed by atoms with van der Waals surface area (Å²) in [7, 11) is 0. The Hall–Kier alpha value is -2.56. The lowest BCUT2D eigenvalue weighted by molar-refractivity contribution is 0.301. The van der Waals surface area contributed by atoms with E-state index in [1.807, 2.05) is 43.3 Å². The van der Waals surface area contributed by atoms with Gasteiger partial charge in [0.05, 0.1) is 11.5 Å². The van der Waals surface area contributed by atoms with Gasteiger partial charge in [-0.25, -0.2) is 4.98 Å². The number of hydrogen-bond acceptors (Lipinski definition) is 7. The fraction of sp³-hybridized carbons (Fsp3) is 0.350. The maximum Gasteiger partial charge on any atom is 0.164 e. The predicted octanol–water partition coefficient (Wildman–Crippen LogP) is 4.31. The standard InChI is InChI=1S/C20H19ClN6S/c1-14-23-19(28-26-14)17-6-7-18(25-24-17)27-10-8-20(13-22,9-11-27)12-15-4-2-3-5-16(15)21/h2-7H,8-12H2,1H3. The van der Waals surface area contributed by atoms with Gasteiger partial charge >= 0.3 is 0 Å². The number of benzene rings is 1. The average molecular weight is 411 g/mol. The SMILES string of the molecule is Cc1nsc(-c2ccc(N3CCC(C#N)(Cc4ccccc4Cl)CC3)nn2)n1. The highest BCUT2D eigenvalue weighted by Crippen LogP contribution is 2.37. The molecule has 0 amide bonds. The molecule has 142 valence electrons. The first-order valence-electron chi connectivity index (χ1n) is 9.13. The zero-order valence-electron chi connectivity index (χ0n) is 15.5. The van der Waals surface area contributed by atoms with E-state index in [2.05, 4.69) is 30.5 Å². The van der Waals surface area contributed by atoms with E-state index in [1.165, 1.54) is 11.5 Å². The van der Waals surface area contributed by atoms with Crippen molar-refractivity contribution in [1.29, 1.82) is 5.26 Å². The van der Waals surface area contributed by atoms with E-state index < -0.39 is 0 Å². The highest BCUT2D eigenvalue weighted by molar-refractivity contribution is 7.09. The summed E-state index contributed by atoms with van der Waals surface area (Å²) in [5.41, 5.74) is 1.38. The molecule has 0 unspecified atom stereocenters. The molecular formula is C20H19ClN6S. The van der Waals surface area contributed by atoms with Crippen molar-refractivity contribution in [3.05, 3.63) is 52.8 Å². The molecule has 28 heavy (non-hydrogen) atoms. The van der Waals surface area contributed by atoms with Crippen molar-refractivity contribution in [2.24, 2.45) is 5.41 Å². The molecule has 3 heterocycles. The van der Waals surface area contributed by atoms with Crippen molar-refractivity contribution < 1.29 is 0 Å². The number of halogens is 1. The summed E-state index contributed by atoms with van der Waals surface area (Å²) in [6, 6.07) is 14.2. The molecule has 0 atom stereocenters. The summed E-state index contributed by atoms with van der Waals surface area (Å²) in [6.45, 7) is 3.40. The molecule has 0 N–H and O–H groups in total. The molecule has 0 spiro atoms. The highest BCUT2D eigenvalue weighted by Gasteiger charge is 2.36. The van der Waals surface area contributed by atoms with Crippen LogP contribution in [0.15, 0.2) is 36.4 Å². The van der Waals surface area contributed by atoms with Gasteiger partial charge in [0.2, 0.25) is 0 Å². The molecule has 6 nitrogen and oxygen atoms in total. The summed E-state index contributed by atoms with van der Waals surface area (Å²) in [5, 5.41) is 20.0. The first-order valence-corrected chi connectivity index (χ1v) is 10.3. The van der Waals surface area contributed by atoms with E-state index in [-0.39, 0.29) is 5.41 Å². The minimum absolute atomic E-state index is 0.390. The fourth-order valence-electron chi connectivity index (χ4n) is 3.51. The van der Waals surface area contributed by atoms with Gasteiger partial charge in [0.1, 0.15) is 11.5 Å². The van der Waals surface area contributed by atoms with E-state index >= 15 is 0 Å². The van der Waals surface area contributed by atoms with E-state index in [4.69, 9.17) is 11.6 Å². The van der Waals surface area contributed by atoms with Crippen LogP contribution < -0.4 is 4.90 Å². The summed E-state index contributed by atoms with van der Waals surface area (Å²) < 4.78 is 4.18. The van der Waals surface area contributed by atoms with Crippen LogP contribution in [-0.4, -0.2) is 32.6 Å². The summed E-state index contributed by atoms with van der Waals surface area (Å²) in [6.07, 6.45) is 2.22. The largest absolute Gasteiger partial charge is 0.355 e. The first-order chi connectivity index (χ1) is 13.6. The minimum atomic E-state index is -0.390. The second-order valence-corrected chi connectivity index (χ2v) is 8.23. The van der Waals surface area contributed by atoms with Crippen LogP contribution in [0.4, 0.5) is 5.82 Å². The van der Waals surface area contributed by atoms with E-state index in [0.29, 0.717) is 6.42 Å². The molecule has 1 aromatic carbocycles. The molecule has 0 aliphatic carbocycles. The van der Waals surface area contributed by atoms with Crippen molar-refractivity contribution in [2.75, 3.05) is 18.0 Å². The molecule has 1 saturated heterocycles. The molecule has 2 aromatic heterocycles. The quantitative estimate of drug-likeness (QED) is 0.637. The Bertz CT molecular complexity index is 1000. The number of nitrogens with zero attached hydrogens (tertiary/aromatic N) is 6. The van der Waals surface area contributed by atoms with Crippen LogP contribution in [0.25, 0.3) is 10.7 Å². The lowest BCUT2D eigenvalue weighted by Gasteiger charge is -2.38. The molecule has 0 bridgehead atoms. The molecule has 4 rings (SSSR count). The van der Waals surface area contributed by atoms with Crippen LogP contribution >= 0.6 is 23.1 Å². The molecule has 3 aromatic rings. The highest BCUT2D eigenvalue weighted by atomic mass is 35.5. The van der Waals surface area contributed by atoms with Crippen molar-refractivity contribution in [1.82, 2.24) is 19.6 Å². The lowest BCUT2D eigenvalue weighted by Crippen LogP contribution is -2.41. The van der Waals surface area contributed by atoms with Gasteiger partial charge in [-0.3, -0.25) is 0 Å². The number of piperidine rings is 1. The molecule has 0 radical (unpaired) electrons. The summed E-state index contributed by atoms with van der Waals surface area (Å²) in [5.74, 6) is 1.57. The normalized spacial score (nSPS) is 16.0. The van der Waals surface area contributed by atoms with Crippen LogP contribution in [-0.2, 0) is 6.42 Å². The zero-order valence-corrected chi connectivity index (χ0v) is 17.0. The zero-order chi connectivity index (χ0) is 19.6. The van der Waals surface area contributed by atoms with Crippen molar-refractivity contribution >= 4 is 29.0 Å². The topological polar surface area (TPSA) is 78.6 Å². The van der Waals surface area contributed by atoms with Crippen LogP contribution in [0, 0.1) is 23.7 Å². The number of nitriles is 1. The van der Waals surface area contributed by atoms with Crippen molar-refractivity contribution in [3.63, 3.8) is 0 Å². The number of hydrogen-bond donors (Lipinski definition) is 0. The number of aromatic nitrogens is 4. The Kier molecular flexibility index (Phi) is 5.25. The maximum atomic E-state index is 9.86. The molecule has 1 fully saturated rings. The van der Waals surface area contributed by atoms with E-state index in [1.54, 1.807) is 0 Å². The summed E-state index contributed by atoms with van der Waals surface area (Å²) >= 11 is 7.63.